The molecule has 0 aliphatic carbocycles. The first-order valence-electron chi connectivity index (χ1n) is 8.56. The van der Waals surface area contributed by atoms with E-state index in [-0.39, 0.29) is 0 Å². The number of benzene rings is 3. The van der Waals surface area contributed by atoms with Gasteiger partial charge in [0.15, 0.2) is 69.8 Å². The predicted molar refractivity (Wildman–Crippen MR) is 94.4 cm³/mol. The van der Waals surface area contributed by atoms with Crippen molar-refractivity contribution in [1.29, 1.82) is 0 Å². The highest BCUT2D eigenvalue weighted by molar-refractivity contribution is 6.69. The van der Waals surface area contributed by atoms with Crippen LogP contribution >= 0.6 is 0 Å². The predicted octanol–water partition coefficient (Wildman–Crippen LogP) is 1.87. The maximum atomic E-state index is 14.4. The van der Waals surface area contributed by atoms with Crippen LogP contribution in [0.3, 0.4) is 0 Å². The van der Waals surface area contributed by atoms with E-state index in [1.807, 2.05) is 0 Å². The van der Waals surface area contributed by atoms with Gasteiger partial charge in [-0.15, -0.1) is 0 Å². The smallest absolute Gasteiger partial charge is 0.200 e. The third-order valence-corrected chi connectivity index (χ3v) is 8.65. The molecule has 0 saturated heterocycles. The highest BCUT2D eigenvalue weighted by Crippen LogP contribution is 2.18. The lowest BCUT2D eigenvalue weighted by molar-refractivity contribution is 0.384. The summed E-state index contributed by atoms with van der Waals surface area (Å²) in [5.41, 5.74) is 0. The molecule has 0 nitrogen and oxygen atoms in total. The Morgan fingerprint density at radius 3 is 0.500 bits per heavy atom. The molecule has 182 valence electrons. The van der Waals surface area contributed by atoms with Crippen LogP contribution in [0.1, 0.15) is 0 Å². The average Bonchev–Trinajstić information content (AvgIpc) is 2.81. The zero-order valence-electron chi connectivity index (χ0n) is 15.7. The Hall–Kier alpha value is -2.89. The van der Waals surface area contributed by atoms with Crippen LogP contribution in [0.15, 0.2) is 0 Å². The van der Waals surface area contributed by atoms with E-state index in [2.05, 4.69) is 0 Å². The molecule has 0 bridgehead atoms. The normalized spacial score (nSPS) is 12.2. The topological polar surface area (TPSA) is 0 Å². The highest BCUT2D eigenvalue weighted by atomic mass is 28.2. The van der Waals surface area contributed by atoms with E-state index in [9.17, 15) is 61.5 Å². The van der Waals surface area contributed by atoms with Gasteiger partial charge in [0.05, 0.1) is 0 Å². The van der Waals surface area contributed by atoms with Gasteiger partial charge in [-0.1, -0.05) is 0 Å². The van der Waals surface area contributed by atoms with Crippen molar-refractivity contribution >= 4 is 39.8 Å². The van der Waals surface area contributed by atoms with Crippen molar-refractivity contribution in [1.82, 2.24) is 0 Å². The molecule has 0 aliphatic rings. The second-order valence-corrected chi connectivity index (χ2v) is 10.2. The maximum absolute atomic E-state index is 14.4. The van der Waals surface area contributed by atoms with Gasteiger partial charge >= 0.3 is 0 Å². The monoisotopic (exact) mass is 542 g/mol. The molecule has 0 aromatic heterocycles. The van der Waals surface area contributed by atoms with Crippen LogP contribution in [-0.2, 0) is 0 Å². The molecule has 0 heterocycles. The van der Waals surface area contributed by atoms with E-state index in [0.717, 1.165) is 0 Å². The molecule has 0 fully saturated rings. The van der Waals surface area contributed by atoms with E-state index in [1.165, 1.54) is 0 Å². The van der Waals surface area contributed by atoms with Crippen molar-refractivity contribution in [3.63, 3.8) is 0 Å². The molecule has 0 spiro atoms. The molecule has 0 aliphatic heterocycles. The Bertz CT molecular complexity index is 1160. The van der Waals surface area contributed by atoms with Gasteiger partial charge in [0.1, 0.15) is 19.0 Å². The number of hydrogen-bond donors (Lipinski definition) is 0. The second kappa shape index (κ2) is 9.05. The summed E-state index contributed by atoms with van der Waals surface area (Å²) in [6, 6.07) is 0. The summed E-state index contributed by atoms with van der Waals surface area (Å²) in [5, 5.41) is -6.91. The molecule has 16 heteroatoms. The van der Waals surface area contributed by atoms with Crippen LogP contribution in [-0.4, -0.2) is 19.0 Å². The van der Waals surface area contributed by atoms with Gasteiger partial charge in [0.25, 0.3) is 0 Å². The van der Waals surface area contributed by atoms with Crippen molar-refractivity contribution in [2.45, 2.75) is 0 Å². The standard InChI is InChI=1S/C18H4F14Si2/c19-1-3(21)7(25)15(8(26)4(1)22)33-17-11(29)13(31)18(14(32)12(17)30)34-16-9(27)5(23)2(20)6(24)10(16)28/h33-34H2. The largest absolute Gasteiger partial charge is 0.204 e. The Balaban J connectivity index is 2.18. The first kappa shape index (κ1) is 25.7. The van der Waals surface area contributed by atoms with Crippen molar-refractivity contribution in [2.24, 2.45) is 0 Å². The number of halogens is 14. The fourth-order valence-corrected chi connectivity index (χ4v) is 6.19. The number of hydrogen-bond acceptors (Lipinski definition) is 0. The molecule has 0 N–H and O–H groups in total. The Labute approximate surface area is 183 Å². The van der Waals surface area contributed by atoms with Crippen LogP contribution < -0.4 is 20.7 Å². The Kier molecular flexibility index (Phi) is 6.85. The van der Waals surface area contributed by atoms with Crippen LogP contribution in [0.2, 0.25) is 0 Å². The summed E-state index contributed by atoms with van der Waals surface area (Å²) in [4.78, 5) is 0. The van der Waals surface area contributed by atoms with Gasteiger partial charge in [-0.2, -0.15) is 0 Å². The number of rotatable bonds is 4. The van der Waals surface area contributed by atoms with E-state index in [0.29, 0.717) is 0 Å². The fourth-order valence-electron chi connectivity index (χ4n) is 3.00. The summed E-state index contributed by atoms with van der Waals surface area (Å²) in [6.07, 6.45) is 0. The first-order chi connectivity index (χ1) is 15.7. The summed E-state index contributed by atoms with van der Waals surface area (Å²) in [7, 11) is -7.00. The van der Waals surface area contributed by atoms with Gasteiger partial charge in [-0.3, -0.25) is 0 Å². The summed E-state index contributed by atoms with van der Waals surface area (Å²) < 4.78 is 192. The highest BCUT2D eigenvalue weighted by Gasteiger charge is 2.33. The molecule has 34 heavy (non-hydrogen) atoms. The van der Waals surface area contributed by atoms with Crippen molar-refractivity contribution in [2.75, 3.05) is 0 Å². The Morgan fingerprint density at radius 1 is 0.206 bits per heavy atom. The molecule has 3 aromatic rings. The molecule has 0 amide bonds. The summed E-state index contributed by atoms with van der Waals surface area (Å²) in [6.45, 7) is 0. The van der Waals surface area contributed by atoms with Crippen LogP contribution in [0.4, 0.5) is 61.5 Å². The van der Waals surface area contributed by atoms with Crippen molar-refractivity contribution in [3.8, 4) is 0 Å². The van der Waals surface area contributed by atoms with E-state index < -0.39 is 121 Å². The molecular weight excluding hydrogens is 538 g/mol. The molecule has 3 rings (SSSR count). The first-order valence-corrected chi connectivity index (χ1v) is 11.4. The Morgan fingerprint density at radius 2 is 0.324 bits per heavy atom. The van der Waals surface area contributed by atoms with Crippen LogP contribution in [0.5, 0.6) is 0 Å². The molecule has 0 atom stereocenters. The van der Waals surface area contributed by atoms with E-state index in [1.54, 1.807) is 0 Å². The quantitative estimate of drug-likeness (QED) is 0.205. The van der Waals surface area contributed by atoms with E-state index in [4.69, 9.17) is 0 Å². The zero-order valence-corrected chi connectivity index (χ0v) is 18.5. The molecule has 0 saturated carbocycles. The maximum Gasteiger partial charge on any atom is 0.200 e. The zero-order chi connectivity index (χ0) is 25.8. The van der Waals surface area contributed by atoms with Crippen LogP contribution in [0.25, 0.3) is 0 Å². The van der Waals surface area contributed by atoms with E-state index >= 15 is 0 Å². The SMILES string of the molecule is Fc1c(F)c(F)c([SiH2]c2c(F)c(F)c([SiH2]c3c(F)c(F)c(F)c(F)c3F)c(F)c2F)c(F)c1F. The van der Waals surface area contributed by atoms with Gasteiger partial charge in [0.2, 0.25) is 11.6 Å². The minimum absolute atomic E-state index is 1.72. The molecular formula is C18H4F14Si2. The van der Waals surface area contributed by atoms with Crippen molar-refractivity contribution in [3.05, 3.63) is 81.4 Å². The molecule has 3 aromatic carbocycles. The lowest BCUT2D eigenvalue weighted by Crippen LogP contribution is -2.45. The van der Waals surface area contributed by atoms with Crippen molar-refractivity contribution < 1.29 is 61.5 Å². The third kappa shape index (κ3) is 3.87. The second-order valence-electron chi connectivity index (χ2n) is 6.66. The molecule has 0 radical (unpaired) electrons. The lowest BCUT2D eigenvalue weighted by atomic mass is 10.3. The minimum Gasteiger partial charge on any atom is -0.204 e. The lowest BCUT2D eigenvalue weighted by Gasteiger charge is -2.14. The fraction of sp³-hybridized carbons (Fsp3) is 0. The average molecular weight is 542 g/mol. The summed E-state index contributed by atoms with van der Waals surface area (Å²) >= 11 is 0. The molecule has 0 unspecified atom stereocenters. The van der Waals surface area contributed by atoms with Gasteiger partial charge in [-0.05, 0) is 0 Å². The summed E-state index contributed by atoms with van der Waals surface area (Å²) in [5.74, 6) is -34.7. The van der Waals surface area contributed by atoms with Gasteiger partial charge in [-0.25, -0.2) is 61.5 Å². The third-order valence-electron chi connectivity index (χ3n) is 4.75. The minimum atomic E-state index is -3.50. The van der Waals surface area contributed by atoms with Gasteiger partial charge in [0, 0.05) is 20.7 Å². The van der Waals surface area contributed by atoms with Crippen LogP contribution in [0, 0.1) is 81.4 Å². The van der Waals surface area contributed by atoms with Gasteiger partial charge < -0.3 is 0 Å².